The summed E-state index contributed by atoms with van der Waals surface area (Å²) < 4.78 is 1.95. The lowest BCUT2D eigenvalue weighted by Crippen LogP contribution is -1.90. The van der Waals surface area contributed by atoms with Crippen LogP contribution in [0.3, 0.4) is 0 Å². The first kappa shape index (κ1) is 15.3. The molecule has 0 aliphatic carbocycles. The van der Waals surface area contributed by atoms with Crippen LogP contribution in [-0.4, -0.2) is 19.6 Å². The summed E-state index contributed by atoms with van der Waals surface area (Å²) in [5.41, 5.74) is 5.06. The Morgan fingerprint density at radius 2 is 1.52 bits per heavy atom. The molecule has 0 amide bonds. The molecule has 0 saturated heterocycles. The molecular weight excluding hydrogens is 312 g/mol. The molecule has 2 aromatic carbocycles. The highest BCUT2D eigenvalue weighted by Gasteiger charge is 2.18. The van der Waals surface area contributed by atoms with E-state index in [1.54, 1.807) is 18.2 Å². The number of nitrogens with zero attached hydrogens (tertiary/aromatic N) is 2. The molecule has 2 aromatic heterocycles. The van der Waals surface area contributed by atoms with Crippen molar-refractivity contribution in [2.24, 2.45) is 0 Å². The molecule has 0 spiro atoms. The van der Waals surface area contributed by atoms with Crippen molar-refractivity contribution < 1.29 is 10.2 Å². The minimum absolute atomic E-state index is 0.182. The van der Waals surface area contributed by atoms with Crippen LogP contribution >= 0.6 is 0 Å². The first-order valence-corrected chi connectivity index (χ1v) is 8.11. The monoisotopic (exact) mass is 330 g/mol. The third kappa shape index (κ3) is 2.52. The van der Waals surface area contributed by atoms with E-state index in [0.29, 0.717) is 22.6 Å². The van der Waals surface area contributed by atoms with Crippen LogP contribution in [0.2, 0.25) is 0 Å². The summed E-state index contributed by atoms with van der Waals surface area (Å²) in [4.78, 5) is 4.78. The molecule has 25 heavy (non-hydrogen) atoms. The number of benzene rings is 2. The van der Waals surface area contributed by atoms with Gasteiger partial charge >= 0.3 is 0 Å². The van der Waals surface area contributed by atoms with Crippen molar-refractivity contribution in [1.29, 1.82) is 0 Å². The van der Waals surface area contributed by atoms with Crippen molar-refractivity contribution in [3.05, 3.63) is 71.9 Å². The maximum Gasteiger partial charge on any atom is 0.149 e. The number of hydrogen-bond donors (Lipinski definition) is 2. The second-order valence-corrected chi connectivity index (χ2v) is 6.28. The van der Waals surface area contributed by atoms with Gasteiger partial charge in [0.15, 0.2) is 0 Å². The fourth-order valence-corrected chi connectivity index (χ4v) is 3.08. The second-order valence-electron chi connectivity index (χ2n) is 6.28. The minimum atomic E-state index is 0.182. The summed E-state index contributed by atoms with van der Waals surface area (Å²) in [5.74, 6) is 1.01. The van der Waals surface area contributed by atoms with Crippen molar-refractivity contribution in [1.82, 2.24) is 9.38 Å². The first-order valence-electron chi connectivity index (χ1n) is 8.11. The Morgan fingerprint density at radius 3 is 2.32 bits per heavy atom. The number of aromatic hydroxyl groups is 2. The first-order chi connectivity index (χ1) is 12.0. The van der Waals surface area contributed by atoms with Gasteiger partial charge < -0.3 is 10.2 Å². The number of hydrogen-bond acceptors (Lipinski definition) is 3. The van der Waals surface area contributed by atoms with Crippen molar-refractivity contribution >= 4 is 5.52 Å². The van der Waals surface area contributed by atoms with Crippen LogP contribution < -0.4 is 0 Å². The smallest absolute Gasteiger partial charge is 0.149 e. The summed E-state index contributed by atoms with van der Waals surface area (Å²) >= 11 is 0. The third-order valence-electron chi connectivity index (χ3n) is 4.35. The van der Waals surface area contributed by atoms with Gasteiger partial charge in [0.2, 0.25) is 0 Å². The molecule has 0 saturated carbocycles. The molecule has 4 heteroatoms. The van der Waals surface area contributed by atoms with E-state index in [-0.39, 0.29) is 11.5 Å². The number of para-hydroxylation sites is 1. The highest BCUT2D eigenvalue weighted by molar-refractivity contribution is 5.85. The van der Waals surface area contributed by atoms with Crippen LogP contribution in [-0.2, 0) is 0 Å². The van der Waals surface area contributed by atoms with Crippen LogP contribution in [0.5, 0.6) is 11.5 Å². The van der Waals surface area contributed by atoms with Gasteiger partial charge in [-0.1, -0.05) is 23.8 Å². The van der Waals surface area contributed by atoms with Crippen molar-refractivity contribution in [2.75, 3.05) is 0 Å². The molecule has 124 valence electrons. The van der Waals surface area contributed by atoms with Gasteiger partial charge in [-0.2, -0.15) is 0 Å². The molecule has 2 heterocycles. The summed E-state index contributed by atoms with van der Waals surface area (Å²) in [6, 6.07) is 16.7. The molecule has 0 atom stereocenters. The molecule has 0 fully saturated rings. The van der Waals surface area contributed by atoms with Crippen LogP contribution in [0, 0.1) is 13.8 Å². The van der Waals surface area contributed by atoms with E-state index in [2.05, 4.69) is 0 Å². The van der Waals surface area contributed by atoms with E-state index in [1.165, 1.54) is 0 Å². The molecule has 4 rings (SSSR count). The van der Waals surface area contributed by atoms with E-state index in [1.807, 2.05) is 60.8 Å². The molecule has 0 aliphatic rings. The quantitative estimate of drug-likeness (QED) is 0.560. The molecule has 0 aliphatic heterocycles. The number of imidazole rings is 1. The van der Waals surface area contributed by atoms with E-state index in [0.717, 1.165) is 16.6 Å². The van der Waals surface area contributed by atoms with Gasteiger partial charge in [0.25, 0.3) is 0 Å². The number of pyridine rings is 1. The van der Waals surface area contributed by atoms with Crippen LogP contribution in [0.1, 0.15) is 11.1 Å². The molecule has 2 N–H and O–H groups in total. The lowest BCUT2D eigenvalue weighted by atomic mass is 10.1. The van der Waals surface area contributed by atoms with Crippen LogP contribution in [0.15, 0.2) is 60.8 Å². The fourth-order valence-electron chi connectivity index (χ4n) is 3.08. The molecular formula is C21H18N2O2. The zero-order chi connectivity index (χ0) is 17.6. The SMILES string of the molecule is Cc1ccc(O)c(-c2nc(-c3ccccc3O)c3cc(C)ccn23)c1. The van der Waals surface area contributed by atoms with E-state index >= 15 is 0 Å². The standard InChI is InChI=1S/C21H18N2O2/c1-13-7-8-19(25)16(11-13)21-22-20(15-5-3-4-6-18(15)24)17-12-14(2)9-10-23(17)21/h3-12,24-25H,1-2H3. The van der Waals surface area contributed by atoms with Gasteiger partial charge in [-0.3, -0.25) is 4.40 Å². The maximum absolute atomic E-state index is 10.3. The maximum atomic E-state index is 10.3. The van der Waals surface area contributed by atoms with Gasteiger partial charge in [0, 0.05) is 11.8 Å². The van der Waals surface area contributed by atoms with Crippen LogP contribution in [0.4, 0.5) is 0 Å². The number of aromatic nitrogens is 2. The summed E-state index contributed by atoms with van der Waals surface area (Å²) in [6.45, 7) is 4.00. The molecule has 0 bridgehead atoms. The van der Waals surface area contributed by atoms with Crippen molar-refractivity contribution in [3.63, 3.8) is 0 Å². The zero-order valence-electron chi connectivity index (χ0n) is 14.1. The van der Waals surface area contributed by atoms with Gasteiger partial charge in [-0.05, 0) is 55.8 Å². The molecule has 0 unspecified atom stereocenters. The zero-order valence-corrected chi connectivity index (χ0v) is 14.1. The second kappa shape index (κ2) is 5.67. The Bertz CT molecular complexity index is 1100. The topological polar surface area (TPSA) is 57.8 Å². The van der Waals surface area contributed by atoms with Crippen molar-refractivity contribution in [3.8, 4) is 34.1 Å². The Kier molecular flexibility index (Phi) is 3.46. The van der Waals surface area contributed by atoms with Gasteiger partial charge in [0.1, 0.15) is 23.0 Å². The van der Waals surface area contributed by atoms with Gasteiger partial charge in [0.05, 0.1) is 11.1 Å². The summed E-state index contributed by atoms with van der Waals surface area (Å²) in [6.07, 6.45) is 1.94. The Balaban J connectivity index is 2.08. The lowest BCUT2D eigenvalue weighted by molar-refractivity contribution is 0.476. The Labute approximate surface area is 145 Å². The fraction of sp³-hybridized carbons (Fsp3) is 0.0952. The normalized spacial score (nSPS) is 11.1. The predicted octanol–water partition coefficient (Wildman–Crippen LogP) is 4.70. The van der Waals surface area contributed by atoms with Crippen molar-refractivity contribution in [2.45, 2.75) is 13.8 Å². The molecule has 4 aromatic rings. The largest absolute Gasteiger partial charge is 0.507 e. The number of aryl methyl sites for hydroxylation is 2. The highest BCUT2D eigenvalue weighted by atomic mass is 16.3. The number of phenolic OH excluding ortho intramolecular Hbond substituents is 2. The summed E-state index contributed by atoms with van der Waals surface area (Å²) in [7, 11) is 0. The predicted molar refractivity (Wildman–Crippen MR) is 98.9 cm³/mol. The highest BCUT2D eigenvalue weighted by Crippen LogP contribution is 2.37. The minimum Gasteiger partial charge on any atom is -0.507 e. The van der Waals surface area contributed by atoms with Crippen LogP contribution in [0.25, 0.3) is 28.2 Å². The number of fused-ring (bicyclic) bond motifs is 1. The average Bonchev–Trinajstić information content (AvgIpc) is 2.96. The number of phenols is 2. The number of rotatable bonds is 2. The van der Waals surface area contributed by atoms with E-state index in [9.17, 15) is 10.2 Å². The van der Waals surface area contributed by atoms with E-state index < -0.39 is 0 Å². The lowest BCUT2D eigenvalue weighted by Gasteiger charge is -2.05. The van der Waals surface area contributed by atoms with Gasteiger partial charge in [-0.25, -0.2) is 4.98 Å². The van der Waals surface area contributed by atoms with Gasteiger partial charge in [-0.15, -0.1) is 0 Å². The Hall–Kier alpha value is -3.27. The Morgan fingerprint density at radius 1 is 0.800 bits per heavy atom. The third-order valence-corrected chi connectivity index (χ3v) is 4.35. The molecule has 4 nitrogen and oxygen atoms in total. The average molecular weight is 330 g/mol. The van der Waals surface area contributed by atoms with E-state index in [4.69, 9.17) is 4.98 Å². The molecule has 0 radical (unpaired) electrons. The summed E-state index contributed by atoms with van der Waals surface area (Å²) in [5, 5.41) is 20.6.